The van der Waals surface area contributed by atoms with E-state index in [0.29, 0.717) is 25.1 Å². The predicted molar refractivity (Wildman–Crippen MR) is 51.9 cm³/mol. The van der Waals surface area contributed by atoms with Gasteiger partial charge >= 0.3 is 0 Å². The molecule has 0 spiro atoms. The quantitative estimate of drug-likeness (QED) is 0.459. The van der Waals surface area contributed by atoms with Crippen molar-refractivity contribution in [3.8, 4) is 0 Å². The SMILES string of the molecule is C.COS(=O)CCCOCC1CO1. The van der Waals surface area contributed by atoms with Gasteiger partial charge in [-0.2, -0.15) is 0 Å². The summed E-state index contributed by atoms with van der Waals surface area (Å²) in [6.45, 7) is 2.12. The lowest BCUT2D eigenvalue weighted by Crippen LogP contribution is -2.06. The molecule has 2 atom stereocenters. The van der Waals surface area contributed by atoms with Crippen LogP contribution in [0.15, 0.2) is 0 Å². The summed E-state index contributed by atoms with van der Waals surface area (Å²) in [5, 5.41) is 0. The minimum atomic E-state index is -1.14. The Hall–Kier alpha value is 0.0300. The van der Waals surface area contributed by atoms with Gasteiger partial charge in [0.2, 0.25) is 0 Å². The summed E-state index contributed by atoms with van der Waals surface area (Å²) in [6.07, 6.45) is 1.09. The van der Waals surface area contributed by atoms with Crippen LogP contribution in [0.25, 0.3) is 0 Å². The summed E-state index contributed by atoms with van der Waals surface area (Å²) in [4.78, 5) is 0. The van der Waals surface area contributed by atoms with Gasteiger partial charge in [-0.15, -0.1) is 0 Å². The summed E-state index contributed by atoms with van der Waals surface area (Å²) >= 11 is -1.14. The van der Waals surface area contributed by atoms with E-state index in [4.69, 9.17) is 9.47 Å². The zero-order valence-electron chi connectivity index (χ0n) is 7.15. The lowest BCUT2D eigenvalue weighted by atomic mass is 10.5. The molecule has 0 aromatic carbocycles. The molecule has 0 N–H and O–H groups in total. The average Bonchev–Trinajstić information content (AvgIpc) is 2.87. The summed E-state index contributed by atoms with van der Waals surface area (Å²) in [5.74, 6) is 0.544. The van der Waals surface area contributed by atoms with Gasteiger partial charge in [-0.25, -0.2) is 4.21 Å². The van der Waals surface area contributed by atoms with Crippen LogP contribution in [0.4, 0.5) is 0 Å². The Morgan fingerprint density at radius 2 is 2.31 bits per heavy atom. The monoisotopic (exact) mass is 210 g/mol. The molecule has 13 heavy (non-hydrogen) atoms. The third-order valence-corrected chi connectivity index (χ3v) is 2.49. The van der Waals surface area contributed by atoms with Crippen molar-refractivity contribution in [1.82, 2.24) is 0 Å². The van der Waals surface area contributed by atoms with Crippen LogP contribution in [-0.4, -0.2) is 43.0 Å². The summed E-state index contributed by atoms with van der Waals surface area (Å²) in [6, 6.07) is 0. The fourth-order valence-electron chi connectivity index (χ4n) is 0.741. The molecule has 1 rings (SSSR count). The normalized spacial score (nSPS) is 22.1. The minimum absolute atomic E-state index is 0. The maximum atomic E-state index is 10.7. The molecule has 0 amide bonds. The second kappa shape index (κ2) is 7.44. The van der Waals surface area contributed by atoms with E-state index in [2.05, 4.69) is 4.18 Å². The zero-order chi connectivity index (χ0) is 8.81. The first kappa shape index (κ1) is 13.0. The third-order valence-electron chi connectivity index (χ3n) is 1.49. The van der Waals surface area contributed by atoms with Gasteiger partial charge in [0.25, 0.3) is 0 Å². The van der Waals surface area contributed by atoms with Crippen molar-refractivity contribution in [3.05, 3.63) is 0 Å². The predicted octanol–water partition coefficient (Wildman–Crippen LogP) is 0.738. The third kappa shape index (κ3) is 7.13. The van der Waals surface area contributed by atoms with Crippen LogP contribution in [0.1, 0.15) is 13.8 Å². The lowest BCUT2D eigenvalue weighted by Gasteiger charge is -2.00. The van der Waals surface area contributed by atoms with Gasteiger partial charge in [-0.3, -0.25) is 4.18 Å². The van der Waals surface area contributed by atoms with Crippen molar-refractivity contribution in [3.63, 3.8) is 0 Å². The van der Waals surface area contributed by atoms with Crippen molar-refractivity contribution in [2.75, 3.05) is 32.7 Å². The highest BCUT2D eigenvalue weighted by Crippen LogP contribution is 2.08. The second-order valence-electron chi connectivity index (χ2n) is 2.56. The highest BCUT2D eigenvalue weighted by atomic mass is 32.2. The molecule has 1 fully saturated rings. The minimum Gasteiger partial charge on any atom is -0.379 e. The van der Waals surface area contributed by atoms with Gasteiger partial charge in [0.1, 0.15) is 6.10 Å². The molecule has 80 valence electrons. The van der Waals surface area contributed by atoms with Gasteiger partial charge in [-0.1, -0.05) is 7.43 Å². The van der Waals surface area contributed by atoms with Crippen LogP contribution in [0.5, 0.6) is 0 Å². The zero-order valence-corrected chi connectivity index (χ0v) is 7.97. The first-order valence-electron chi connectivity index (χ1n) is 3.95. The van der Waals surface area contributed by atoms with Gasteiger partial charge < -0.3 is 9.47 Å². The van der Waals surface area contributed by atoms with E-state index < -0.39 is 11.1 Å². The van der Waals surface area contributed by atoms with Crippen molar-refractivity contribution >= 4 is 11.1 Å². The Labute approximate surface area is 82.2 Å². The number of hydrogen-bond acceptors (Lipinski definition) is 4. The number of ether oxygens (including phenoxy) is 2. The average molecular weight is 210 g/mol. The summed E-state index contributed by atoms with van der Waals surface area (Å²) < 4.78 is 25.5. The molecule has 1 heterocycles. The topological polar surface area (TPSA) is 48.1 Å². The van der Waals surface area contributed by atoms with Crippen LogP contribution in [0, 0.1) is 0 Å². The number of rotatable bonds is 7. The molecule has 0 aliphatic carbocycles. The maximum Gasteiger partial charge on any atom is 0.155 e. The molecule has 1 aliphatic heterocycles. The largest absolute Gasteiger partial charge is 0.379 e. The van der Waals surface area contributed by atoms with E-state index in [1.165, 1.54) is 7.11 Å². The van der Waals surface area contributed by atoms with Gasteiger partial charge in [0.05, 0.1) is 26.1 Å². The number of hydrogen-bond donors (Lipinski definition) is 0. The van der Waals surface area contributed by atoms with Crippen molar-refractivity contribution < 1.29 is 17.9 Å². The van der Waals surface area contributed by atoms with Crippen molar-refractivity contribution in [2.45, 2.75) is 20.0 Å². The highest BCUT2D eigenvalue weighted by Gasteiger charge is 2.21. The van der Waals surface area contributed by atoms with Gasteiger partial charge in [0.15, 0.2) is 11.1 Å². The summed E-state index contributed by atoms with van der Waals surface area (Å²) in [7, 11) is 1.44. The molecular weight excluding hydrogens is 192 g/mol. The standard InChI is InChI=1S/C7H14O4S.CH4/c1-9-12(8)4-2-3-10-5-7-6-11-7;/h7H,2-6H2,1H3;1H4. The molecule has 5 heteroatoms. The molecule has 2 unspecified atom stereocenters. The summed E-state index contributed by atoms with van der Waals surface area (Å²) in [5.41, 5.74) is 0. The molecule has 0 aromatic rings. The van der Waals surface area contributed by atoms with Crippen LogP contribution < -0.4 is 0 Å². The van der Waals surface area contributed by atoms with Crippen molar-refractivity contribution in [2.24, 2.45) is 0 Å². The highest BCUT2D eigenvalue weighted by molar-refractivity contribution is 7.80. The van der Waals surface area contributed by atoms with E-state index in [0.717, 1.165) is 13.0 Å². The Balaban J connectivity index is 0.00000144. The van der Waals surface area contributed by atoms with Crippen LogP contribution in [0.3, 0.4) is 0 Å². The van der Waals surface area contributed by atoms with E-state index in [1.807, 2.05) is 0 Å². The van der Waals surface area contributed by atoms with E-state index in [-0.39, 0.29) is 7.43 Å². The number of epoxide rings is 1. The first-order chi connectivity index (χ1) is 5.83. The van der Waals surface area contributed by atoms with Crippen LogP contribution in [0.2, 0.25) is 0 Å². The van der Waals surface area contributed by atoms with E-state index in [1.54, 1.807) is 0 Å². The Kier molecular flexibility index (Phi) is 7.45. The molecule has 0 bridgehead atoms. The van der Waals surface area contributed by atoms with E-state index in [9.17, 15) is 4.21 Å². The smallest absolute Gasteiger partial charge is 0.155 e. The fourth-order valence-corrected chi connectivity index (χ4v) is 1.26. The molecule has 1 saturated heterocycles. The first-order valence-corrected chi connectivity index (χ1v) is 5.19. The van der Waals surface area contributed by atoms with Crippen molar-refractivity contribution in [1.29, 1.82) is 0 Å². The molecule has 0 aromatic heterocycles. The molecule has 4 nitrogen and oxygen atoms in total. The second-order valence-corrected chi connectivity index (χ2v) is 3.91. The van der Waals surface area contributed by atoms with Crippen LogP contribution >= 0.6 is 0 Å². The maximum absolute atomic E-state index is 10.7. The molecular formula is C8H18O4S. The van der Waals surface area contributed by atoms with E-state index >= 15 is 0 Å². The lowest BCUT2D eigenvalue weighted by molar-refractivity contribution is 0.117. The Morgan fingerprint density at radius 1 is 1.62 bits per heavy atom. The van der Waals surface area contributed by atoms with Gasteiger partial charge in [-0.05, 0) is 6.42 Å². The molecule has 1 aliphatic rings. The van der Waals surface area contributed by atoms with Crippen LogP contribution in [-0.2, 0) is 24.7 Å². The molecule has 0 saturated carbocycles. The van der Waals surface area contributed by atoms with Gasteiger partial charge in [0, 0.05) is 6.61 Å². The fraction of sp³-hybridized carbons (Fsp3) is 1.00. The Bertz CT molecular complexity index is 147. The Morgan fingerprint density at radius 3 is 2.85 bits per heavy atom. The molecule has 0 radical (unpaired) electrons.